The molecule has 296 valence electrons. The SMILES string of the molecule is CC[C@@H]1C[C@]1(CC(=O)[C@@H]1C[C@@H](Oc2cc(-c3nc(C(C)C)cs3)nc3c(Cl)c(OC)ccc23)CN1C(=O)C(CC(=O)OC1C[C@@H]2C[C@@H]2C1)C(C)(C)C)C(=O)O. The predicted octanol–water partition coefficient (Wildman–Crippen LogP) is 8.35. The lowest BCUT2D eigenvalue weighted by atomic mass is 9.77. The van der Waals surface area contributed by atoms with Crippen LogP contribution in [0.15, 0.2) is 23.6 Å². The zero-order chi connectivity index (χ0) is 39.6. The minimum Gasteiger partial charge on any atom is -0.495 e. The lowest BCUT2D eigenvalue weighted by Crippen LogP contribution is -2.48. The number of methoxy groups -OCH3 is 1. The summed E-state index contributed by atoms with van der Waals surface area (Å²) in [5.41, 5.74) is 0.179. The fraction of sp³-hybridized carbons (Fsp3) is 0.619. The summed E-state index contributed by atoms with van der Waals surface area (Å²) >= 11 is 8.30. The lowest BCUT2D eigenvalue weighted by Gasteiger charge is -2.35. The van der Waals surface area contributed by atoms with E-state index in [9.17, 15) is 24.3 Å². The molecule has 4 aliphatic rings. The number of rotatable bonds is 14. The highest BCUT2D eigenvalue weighted by Gasteiger charge is 2.61. The number of ketones is 1. The number of likely N-dealkylation sites (tertiary alicyclic amines) is 1. The minimum absolute atomic E-state index is 0.0674. The summed E-state index contributed by atoms with van der Waals surface area (Å²) < 4.78 is 18.1. The molecule has 11 nitrogen and oxygen atoms in total. The second-order valence-electron chi connectivity index (χ2n) is 17.6. The van der Waals surface area contributed by atoms with Crippen molar-refractivity contribution in [2.24, 2.45) is 34.5 Å². The van der Waals surface area contributed by atoms with Gasteiger partial charge in [0.1, 0.15) is 39.4 Å². The van der Waals surface area contributed by atoms with Gasteiger partial charge in [0.25, 0.3) is 0 Å². The fourth-order valence-electron chi connectivity index (χ4n) is 8.87. The number of pyridine rings is 1. The smallest absolute Gasteiger partial charge is 0.310 e. The largest absolute Gasteiger partial charge is 0.495 e. The highest BCUT2D eigenvalue weighted by molar-refractivity contribution is 7.13. The number of ether oxygens (including phenoxy) is 3. The van der Waals surface area contributed by atoms with Crippen molar-refractivity contribution >= 4 is 57.5 Å². The number of hydrogen-bond acceptors (Lipinski definition) is 10. The molecule has 2 unspecified atom stereocenters. The molecule has 3 heterocycles. The van der Waals surface area contributed by atoms with Crippen LogP contribution in [0.25, 0.3) is 21.6 Å². The van der Waals surface area contributed by atoms with Crippen molar-refractivity contribution in [2.75, 3.05) is 13.7 Å². The van der Waals surface area contributed by atoms with Gasteiger partial charge in [0.05, 0.1) is 48.7 Å². The van der Waals surface area contributed by atoms with Gasteiger partial charge in [-0.25, -0.2) is 9.97 Å². The van der Waals surface area contributed by atoms with Gasteiger partial charge in [-0.1, -0.05) is 59.6 Å². The number of hydrogen-bond donors (Lipinski definition) is 1. The standard InChI is InChI=1S/C42H52ClN3O8S/c1-8-24-17-42(24,40(50)51)18-32(47)31-14-26(19-46(31)39(49)28(41(4,5)6)15-35(48)54-25-12-22-11-23(22)13-25)53-34-16-29(38-45-30(20-55-38)21(2)3)44-37-27(34)9-10-33(52-7)36(37)43/h9-10,16,20-26,28,31H,8,11-15,17-19H2,1-7H3,(H,50,51)/t22-,23+,24-,25?,26-,28?,31+,42-/m1/s1. The first-order valence-corrected chi connectivity index (χ1v) is 20.8. The van der Waals surface area contributed by atoms with Crippen molar-refractivity contribution in [1.82, 2.24) is 14.9 Å². The van der Waals surface area contributed by atoms with Crippen LogP contribution in [0.3, 0.4) is 0 Å². The number of carboxylic acids is 1. The number of fused-ring (bicyclic) bond motifs is 2. The van der Waals surface area contributed by atoms with Gasteiger partial charge in [-0.3, -0.25) is 19.2 Å². The Morgan fingerprint density at radius 1 is 1.05 bits per heavy atom. The van der Waals surface area contributed by atoms with Crippen LogP contribution >= 0.6 is 22.9 Å². The first-order chi connectivity index (χ1) is 26.0. The number of benzene rings is 1. The predicted molar refractivity (Wildman–Crippen MR) is 209 cm³/mol. The lowest BCUT2D eigenvalue weighted by molar-refractivity contribution is -0.157. The Kier molecular flexibility index (Phi) is 10.7. The molecule has 1 aliphatic heterocycles. The first kappa shape index (κ1) is 39.5. The topological polar surface area (TPSA) is 145 Å². The van der Waals surface area contributed by atoms with Crippen molar-refractivity contribution in [3.8, 4) is 22.2 Å². The third-order valence-corrected chi connectivity index (χ3v) is 13.7. The van der Waals surface area contributed by atoms with E-state index in [1.165, 1.54) is 29.8 Å². The zero-order valence-corrected chi connectivity index (χ0v) is 34.3. The number of esters is 1. The van der Waals surface area contributed by atoms with Gasteiger partial charge >= 0.3 is 11.9 Å². The van der Waals surface area contributed by atoms with Crippen LogP contribution in [-0.2, 0) is 23.9 Å². The van der Waals surface area contributed by atoms with Crippen LogP contribution in [0.1, 0.15) is 105 Å². The molecule has 3 saturated carbocycles. The Labute approximate surface area is 331 Å². The van der Waals surface area contributed by atoms with Crippen molar-refractivity contribution in [1.29, 1.82) is 0 Å². The van der Waals surface area contributed by atoms with E-state index in [2.05, 4.69) is 13.8 Å². The van der Waals surface area contributed by atoms with E-state index in [0.29, 0.717) is 62.8 Å². The van der Waals surface area contributed by atoms with E-state index in [0.717, 1.165) is 18.5 Å². The second-order valence-corrected chi connectivity index (χ2v) is 18.8. The number of Topliss-reactive ketones (excluding diaryl/α,β-unsaturated/α-hetero) is 1. The summed E-state index contributed by atoms with van der Waals surface area (Å²) in [6.45, 7) is 11.9. The fourth-order valence-corrected chi connectivity index (χ4v) is 10.1. The van der Waals surface area contributed by atoms with Crippen LogP contribution in [-0.4, -0.2) is 75.5 Å². The van der Waals surface area contributed by atoms with Gasteiger partial charge in [0, 0.05) is 29.7 Å². The molecule has 1 N–H and O–H groups in total. The highest BCUT2D eigenvalue weighted by Crippen LogP contribution is 2.58. The molecule has 3 aliphatic carbocycles. The zero-order valence-electron chi connectivity index (χ0n) is 32.7. The average molecular weight is 794 g/mol. The molecule has 55 heavy (non-hydrogen) atoms. The number of carbonyl (C=O) groups excluding carboxylic acids is 3. The normalized spacial score (nSPS) is 27.5. The molecule has 2 aromatic heterocycles. The number of halogens is 1. The summed E-state index contributed by atoms with van der Waals surface area (Å²) in [4.78, 5) is 66.2. The molecular formula is C42H52ClN3O8S. The van der Waals surface area contributed by atoms with Gasteiger partial charge in [0.2, 0.25) is 5.91 Å². The molecule has 8 atom stereocenters. The second kappa shape index (κ2) is 15.0. The number of amides is 1. The maximum atomic E-state index is 14.7. The molecule has 0 radical (unpaired) electrons. The van der Waals surface area contributed by atoms with Crippen LogP contribution in [0.5, 0.6) is 11.5 Å². The van der Waals surface area contributed by atoms with Crippen LogP contribution in [0, 0.1) is 34.5 Å². The van der Waals surface area contributed by atoms with E-state index in [1.54, 1.807) is 6.07 Å². The molecular weight excluding hydrogens is 742 g/mol. The van der Waals surface area contributed by atoms with Gasteiger partial charge in [-0.15, -0.1) is 11.3 Å². The average Bonchev–Trinajstić information content (AvgIpc) is 3.77. The number of thiazole rings is 1. The summed E-state index contributed by atoms with van der Waals surface area (Å²) in [6, 6.07) is 4.44. The molecule has 1 amide bonds. The minimum atomic E-state index is -1.14. The Hall–Kier alpha value is -3.77. The van der Waals surface area contributed by atoms with Crippen molar-refractivity contribution < 1.29 is 38.5 Å². The summed E-state index contributed by atoms with van der Waals surface area (Å²) in [5.74, 6) is -0.509. The molecule has 0 bridgehead atoms. The first-order valence-electron chi connectivity index (χ1n) is 19.6. The number of carbonyl (C=O) groups is 4. The summed E-state index contributed by atoms with van der Waals surface area (Å²) in [6.07, 6.45) is 3.15. The third kappa shape index (κ3) is 7.82. The van der Waals surface area contributed by atoms with Crippen molar-refractivity contribution in [2.45, 2.75) is 117 Å². The number of aliphatic carboxylic acids is 1. The van der Waals surface area contributed by atoms with E-state index in [-0.39, 0.29) is 55.4 Å². The van der Waals surface area contributed by atoms with Gasteiger partial charge in [-0.2, -0.15) is 0 Å². The summed E-state index contributed by atoms with van der Waals surface area (Å²) in [7, 11) is 1.53. The molecule has 7 rings (SSSR count). The Morgan fingerprint density at radius 3 is 2.38 bits per heavy atom. The van der Waals surface area contributed by atoms with Crippen LogP contribution < -0.4 is 9.47 Å². The third-order valence-electron chi connectivity index (χ3n) is 12.5. The monoisotopic (exact) mass is 793 g/mol. The maximum Gasteiger partial charge on any atom is 0.310 e. The molecule has 0 spiro atoms. The van der Waals surface area contributed by atoms with E-state index in [4.69, 9.17) is 35.8 Å². The Bertz CT molecular complexity index is 2000. The van der Waals surface area contributed by atoms with E-state index >= 15 is 0 Å². The number of aromatic nitrogens is 2. The van der Waals surface area contributed by atoms with Crippen molar-refractivity contribution in [3.05, 3.63) is 34.3 Å². The maximum absolute atomic E-state index is 14.7. The molecule has 3 aromatic rings. The number of carboxylic acid groups (broad SMARTS) is 1. The van der Waals surface area contributed by atoms with Gasteiger partial charge in [-0.05, 0) is 66.9 Å². The Balaban J connectivity index is 1.20. The molecule has 13 heteroatoms. The van der Waals surface area contributed by atoms with Gasteiger partial charge < -0.3 is 24.2 Å². The molecule has 1 aromatic carbocycles. The number of nitrogens with zero attached hydrogens (tertiary/aromatic N) is 3. The Morgan fingerprint density at radius 2 is 1.78 bits per heavy atom. The van der Waals surface area contributed by atoms with E-state index in [1.807, 2.05) is 45.2 Å². The molecule has 4 fully saturated rings. The van der Waals surface area contributed by atoms with Crippen molar-refractivity contribution in [3.63, 3.8) is 0 Å². The molecule has 1 saturated heterocycles. The van der Waals surface area contributed by atoms with Gasteiger partial charge in [0.15, 0.2) is 5.78 Å². The van der Waals surface area contributed by atoms with E-state index < -0.39 is 40.8 Å². The quantitative estimate of drug-likeness (QED) is 0.158. The highest BCUT2D eigenvalue weighted by atomic mass is 35.5. The summed E-state index contributed by atoms with van der Waals surface area (Å²) in [5, 5.41) is 13.8. The van der Waals surface area contributed by atoms with Crippen LogP contribution in [0.2, 0.25) is 5.02 Å². The van der Waals surface area contributed by atoms with Crippen LogP contribution in [0.4, 0.5) is 0 Å².